The predicted molar refractivity (Wildman–Crippen MR) is 97.5 cm³/mol. The fourth-order valence-corrected chi connectivity index (χ4v) is 6.78. The summed E-state index contributed by atoms with van der Waals surface area (Å²) in [7, 11) is -21.0. The van der Waals surface area contributed by atoms with Crippen LogP contribution in [0.4, 0.5) is 57.1 Å². The highest BCUT2D eigenvalue weighted by Crippen LogP contribution is 2.52. The van der Waals surface area contributed by atoms with Gasteiger partial charge in [0.1, 0.15) is 6.54 Å². The third-order valence-electron chi connectivity index (χ3n) is 4.85. The molecule has 0 aromatic rings. The van der Waals surface area contributed by atoms with Crippen molar-refractivity contribution in [2.75, 3.05) is 33.8 Å². The maximum absolute atomic E-state index is 13.8. The van der Waals surface area contributed by atoms with E-state index in [4.69, 9.17) is 13.0 Å². The van der Waals surface area contributed by atoms with Gasteiger partial charge < -0.3 is 13.8 Å². The molecule has 0 spiro atoms. The lowest BCUT2D eigenvalue weighted by atomic mass is 10.4. The minimum absolute atomic E-state index is 0.177. The number of nitrogens with zero attached hydrogens (tertiary/aromatic N) is 1. The van der Waals surface area contributed by atoms with Crippen molar-refractivity contribution in [1.82, 2.24) is 0 Å². The van der Waals surface area contributed by atoms with Crippen molar-refractivity contribution in [2.24, 2.45) is 0 Å². The number of hydrogen-bond donors (Lipinski definition) is 0. The molecule has 232 valence electrons. The number of hydrogen-bond acceptors (Lipinski definition) is 8. The second kappa shape index (κ2) is 11.0. The van der Waals surface area contributed by atoms with Crippen molar-refractivity contribution in [3.05, 3.63) is 0 Å². The molecule has 0 heterocycles. The van der Waals surface area contributed by atoms with E-state index >= 15 is 0 Å². The first-order valence-corrected chi connectivity index (χ1v) is 13.3. The molecule has 9 nitrogen and oxygen atoms in total. The summed E-state index contributed by atoms with van der Waals surface area (Å²) in [6, 6.07) is 0. The minimum atomic E-state index is -7.79. The SMILES string of the molecule is CC[N+](C)(CC)CC(OC)(S(=O)(=O)C(F)(F)C(F)(F)F)S(=O)(=O)C(F)(F)C(F)(F)F.O=S(=O)([O-])C(F)(F)F. The number of alkyl halides is 13. The fourth-order valence-electron chi connectivity index (χ4n) is 2.21. The van der Waals surface area contributed by atoms with Gasteiger partial charge >= 0.3 is 32.6 Å². The molecule has 0 radical (unpaired) electrons. The number of methoxy groups -OCH3 is 1. The van der Waals surface area contributed by atoms with Crippen LogP contribution in [0, 0.1) is 0 Å². The molecule has 0 aromatic carbocycles. The Kier molecular flexibility index (Phi) is 11.3. The van der Waals surface area contributed by atoms with Crippen LogP contribution in [0.1, 0.15) is 13.8 Å². The highest BCUT2D eigenvalue weighted by atomic mass is 32.3. The molecule has 0 saturated heterocycles. The quantitative estimate of drug-likeness (QED) is 0.160. The summed E-state index contributed by atoms with van der Waals surface area (Å²) >= 11 is 0. The maximum Gasteiger partial charge on any atom is 0.485 e. The zero-order chi connectivity index (χ0) is 31.8. The van der Waals surface area contributed by atoms with E-state index in [9.17, 15) is 73.9 Å². The molecule has 0 amide bonds. The third kappa shape index (κ3) is 6.75. The number of sulfone groups is 2. The number of likely N-dealkylation sites (N-methyl/N-ethyl adjacent to an activating group) is 1. The van der Waals surface area contributed by atoms with Gasteiger partial charge in [0.15, 0.2) is 10.1 Å². The first-order valence-electron chi connectivity index (χ1n) is 8.92. The Morgan fingerprint density at radius 3 is 1.03 bits per heavy atom. The molecule has 0 aliphatic rings. The molecule has 0 N–H and O–H groups in total. The van der Waals surface area contributed by atoms with Crippen LogP contribution < -0.4 is 0 Å². The smallest absolute Gasteiger partial charge is 0.485 e. The van der Waals surface area contributed by atoms with Crippen LogP contribution in [0.3, 0.4) is 0 Å². The van der Waals surface area contributed by atoms with E-state index in [1.165, 1.54) is 0 Å². The van der Waals surface area contributed by atoms with E-state index in [1.807, 2.05) is 0 Å². The molecule has 0 aliphatic heterocycles. The minimum Gasteiger partial charge on any atom is -0.741 e. The second-order valence-electron chi connectivity index (χ2n) is 7.23. The lowest BCUT2D eigenvalue weighted by molar-refractivity contribution is -0.908. The molecule has 0 aliphatic carbocycles. The summed E-state index contributed by atoms with van der Waals surface area (Å²) in [4.78, 5) is 0. The summed E-state index contributed by atoms with van der Waals surface area (Å²) in [6.07, 6.45) is -14.1. The maximum atomic E-state index is 13.8. The van der Waals surface area contributed by atoms with Gasteiger partial charge in [-0.2, -0.15) is 57.1 Å². The van der Waals surface area contributed by atoms with Crippen molar-refractivity contribution < 1.29 is 96.1 Å². The Balaban J connectivity index is 0. The number of halogens is 13. The van der Waals surface area contributed by atoms with Crippen LogP contribution in [-0.2, 0) is 34.5 Å². The van der Waals surface area contributed by atoms with Crippen LogP contribution in [0.5, 0.6) is 0 Å². The first kappa shape index (κ1) is 39.0. The van der Waals surface area contributed by atoms with Crippen molar-refractivity contribution >= 4 is 29.8 Å². The number of rotatable bonds is 9. The van der Waals surface area contributed by atoms with Gasteiger partial charge in [-0.3, -0.25) is 0 Å². The van der Waals surface area contributed by atoms with Crippen LogP contribution in [0.25, 0.3) is 0 Å². The lowest BCUT2D eigenvalue weighted by Crippen LogP contribution is -2.70. The lowest BCUT2D eigenvalue weighted by Gasteiger charge is -2.42. The predicted octanol–water partition coefficient (Wildman–Crippen LogP) is 2.96. The molecule has 0 fully saturated rings. The Labute approximate surface area is 206 Å². The van der Waals surface area contributed by atoms with Gasteiger partial charge in [0, 0.05) is 7.11 Å². The summed E-state index contributed by atoms with van der Waals surface area (Å²) in [5, 5.41) is -14.1. The van der Waals surface area contributed by atoms with Crippen LogP contribution >= 0.6 is 0 Å². The van der Waals surface area contributed by atoms with Gasteiger partial charge in [-0.15, -0.1) is 0 Å². The molecule has 25 heteroatoms. The zero-order valence-corrected chi connectivity index (χ0v) is 21.4. The van der Waals surface area contributed by atoms with E-state index in [1.54, 1.807) is 0 Å². The summed E-state index contributed by atoms with van der Waals surface area (Å²) in [5.74, 6) is 0. The van der Waals surface area contributed by atoms with Crippen LogP contribution in [0.15, 0.2) is 0 Å². The number of ether oxygens (including phenoxy) is 1. The van der Waals surface area contributed by atoms with Crippen molar-refractivity contribution in [3.8, 4) is 0 Å². The van der Waals surface area contributed by atoms with E-state index in [2.05, 4.69) is 4.74 Å². The van der Waals surface area contributed by atoms with E-state index in [0.29, 0.717) is 0 Å². The van der Waals surface area contributed by atoms with Crippen molar-refractivity contribution in [3.63, 3.8) is 0 Å². The second-order valence-corrected chi connectivity index (χ2v) is 13.2. The first-order chi connectivity index (χ1) is 16.1. The topological polar surface area (TPSA) is 135 Å². The van der Waals surface area contributed by atoms with Crippen molar-refractivity contribution in [1.29, 1.82) is 0 Å². The molecule has 0 unspecified atom stereocenters. The fraction of sp³-hybridized carbons (Fsp3) is 1.00. The Bertz CT molecular complexity index is 1080. The zero-order valence-electron chi connectivity index (χ0n) is 19.0. The normalized spacial score (nSPS) is 15.6. The van der Waals surface area contributed by atoms with Gasteiger partial charge in [0.2, 0.25) is 0 Å². The molecule has 0 aromatic heterocycles. The standard InChI is InChI=1S/C12H18F10NO5S2.CHF3O3S/c1-5-23(3,6-2)7-8(28-4,29(24,25)11(19,20)9(13,14)15)30(26,27)12(21,22)10(16,17)18;2-1(3,4)8(5,6)7/h5-7H2,1-4H3;(H,5,6,7)/q+1;/p-1. The number of quaternary nitrogens is 1. The van der Waals surface area contributed by atoms with E-state index in [0.717, 1.165) is 20.9 Å². The van der Waals surface area contributed by atoms with Gasteiger partial charge in [-0.05, 0) is 13.8 Å². The highest BCUT2D eigenvalue weighted by Gasteiger charge is 2.84. The molecule has 0 bridgehead atoms. The molecule has 0 saturated carbocycles. The Hall–Kier alpha value is -1.18. The van der Waals surface area contributed by atoms with E-state index < -0.39 is 86.5 Å². The molecule has 38 heavy (non-hydrogen) atoms. The third-order valence-corrected chi connectivity index (χ3v) is 10.8. The molecular weight excluding hydrogens is 641 g/mol. The highest BCUT2D eigenvalue weighted by molar-refractivity contribution is 8.11. The van der Waals surface area contributed by atoms with Gasteiger partial charge in [0.05, 0.1) is 20.1 Å². The molecular formula is C13H18F13NO8S3. The monoisotopic (exact) mass is 659 g/mol. The average molecular weight is 659 g/mol. The summed E-state index contributed by atoms with van der Waals surface area (Å²) in [5.41, 5.74) is -5.65. The van der Waals surface area contributed by atoms with E-state index in [-0.39, 0.29) is 7.11 Å². The van der Waals surface area contributed by atoms with Crippen molar-refractivity contribution in [2.45, 2.75) is 46.5 Å². The van der Waals surface area contributed by atoms with Gasteiger partial charge in [0.25, 0.3) is 19.7 Å². The molecule has 0 atom stereocenters. The Morgan fingerprint density at radius 1 is 0.658 bits per heavy atom. The largest absolute Gasteiger partial charge is 0.741 e. The Morgan fingerprint density at radius 2 is 0.895 bits per heavy atom. The van der Waals surface area contributed by atoms with Gasteiger partial charge in [-0.1, -0.05) is 0 Å². The van der Waals surface area contributed by atoms with Crippen LogP contribution in [0.2, 0.25) is 0 Å². The average Bonchev–Trinajstić information content (AvgIpc) is 2.68. The summed E-state index contributed by atoms with van der Waals surface area (Å²) < 4.78 is 236. The summed E-state index contributed by atoms with van der Waals surface area (Å²) in [6.45, 7) is -0.831. The molecule has 0 rings (SSSR count). The van der Waals surface area contributed by atoms with Crippen LogP contribution in [-0.4, -0.2) is 101 Å². The van der Waals surface area contributed by atoms with Gasteiger partial charge in [-0.25, -0.2) is 25.3 Å².